The molecular formula is C10H8O2. The second-order valence-electron chi connectivity index (χ2n) is 3.11. The molecule has 60 valence electrons. The Kier molecular flexibility index (Phi) is 1.10. The van der Waals surface area contributed by atoms with Gasteiger partial charge in [0, 0.05) is 10.8 Å². The predicted molar refractivity (Wildman–Crippen MR) is 44.7 cm³/mol. The van der Waals surface area contributed by atoms with Gasteiger partial charge in [-0.2, -0.15) is 0 Å². The van der Waals surface area contributed by atoms with Crippen LogP contribution >= 0.6 is 0 Å². The molecule has 0 radical (unpaired) electrons. The molecule has 0 aliphatic carbocycles. The minimum absolute atomic E-state index is 0.746. The normalized spacial score (nSPS) is 15.3. The van der Waals surface area contributed by atoms with Crippen molar-refractivity contribution in [1.29, 1.82) is 0 Å². The summed E-state index contributed by atoms with van der Waals surface area (Å²) in [5.74, 6) is 0. The van der Waals surface area contributed by atoms with Crippen LogP contribution in [0.4, 0.5) is 0 Å². The number of rotatable bonds is 0. The molecule has 2 nitrogen and oxygen atoms in total. The summed E-state index contributed by atoms with van der Waals surface area (Å²) in [5, 5.41) is 2.33. The van der Waals surface area contributed by atoms with E-state index in [4.69, 9.17) is 9.15 Å². The van der Waals surface area contributed by atoms with Gasteiger partial charge in [-0.15, -0.1) is 0 Å². The van der Waals surface area contributed by atoms with Crippen molar-refractivity contribution in [3.05, 3.63) is 35.8 Å². The van der Waals surface area contributed by atoms with Gasteiger partial charge in [-0.05, 0) is 23.3 Å². The van der Waals surface area contributed by atoms with E-state index in [-0.39, 0.29) is 0 Å². The SMILES string of the molecule is c1occ2cc3c(cc12)COC3. The lowest BCUT2D eigenvalue weighted by molar-refractivity contribution is 0.134. The van der Waals surface area contributed by atoms with E-state index in [0.29, 0.717) is 0 Å². The summed E-state index contributed by atoms with van der Waals surface area (Å²) in [6, 6.07) is 4.28. The maximum absolute atomic E-state index is 5.32. The third-order valence-electron chi connectivity index (χ3n) is 2.31. The molecule has 0 saturated carbocycles. The number of ether oxygens (including phenoxy) is 1. The zero-order valence-electron chi connectivity index (χ0n) is 6.54. The summed E-state index contributed by atoms with van der Waals surface area (Å²) in [5.41, 5.74) is 2.59. The molecule has 2 heterocycles. The fourth-order valence-electron chi connectivity index (χ4n) is 1.65. The Morgan fingerprint density at radius 2 is 1.50 bits per heavy atom. The van der Waals surface area contributed by atoms with E-state index in [1.54, 1.807) is 12.5 Å². The van der Waals surface area contributed by atoms with E-state index in [2.05, 4.69) is 12.1 Å². The summed E-state index contributed by atoms with van der Waals surface area (Å²) >= 11 is 0. The van der Waals surface area contributed by atoms with Gasteiger partial charge in [0.25, 0.3) is 0 Å². The van der Waals surface area contributed by atoms with E-state index in [9.17, 15) is 0 Å². The third kappa shape index (κ3) is 0.728. The fourth-order valence-corrected chi connectivity index (χ4v) is 1.65. The Morgan fingerprint density at radius 3 is 2.08 bits per heavy atom. The Morgan fingerprint density at radius 1 is 0.917 bits per heavy atom. The van der Waals surface area contributed by atoms with Crippen molar-refractivity contribution in [3.63, 3.8) is 0 Å². The van der Waals surface area contributed by atoms with Crippen molar-refractivity contribution in [3.8, 4) is 0 Å². The highest BCUT2D eigenvalue weighted by molar-refractivity contribution is 5.82. The molecule has 12 heavy (non-hydrogen) atoms. The van der Waals surface area contributed by atoms with Crippen LogP contribution in [0.15, 0.2) is 29.1 Å². The molecule has 0 unspecified atom stereocenters. The second kappa shape index (κ2) is 2.11. The van der Waals surface area contributed by atoms with Crippen molar-refractivity contribution in [1.82, 2.24) is 0 Å². The van der Waals surface area contributed by atoms with Gasteiger partial charge in [-0.3, -0.25) is 0 Å². The Bertz CT molecular complexity index is 390. The van der Waals surface area contributed by atoms with Crippen molar-refractivity contribution in [2.24, 2.45) is 0 Å². The minimum Gasteiger partial charge on any atom is -0.471 e. The second-order valence-corrected chi connectivity index (χ2v) is 3.11. The minimum atomic E-state index is 0.746. The Hall–Kier alpha value is -1.28. The van der Waals surface area contributed by atoms with Crippen LogP contribution < -0.4 is 0 Å². The molecule has 1 aliphatic heterocycles. The number of hydrogen-bond acceptors (Lipinski definition) is 2. The lowest BCUT2D eigenvalue weighted by atomic mass is 10.1. The smallest absolute Gasteiger partial charge is 0.0981 e. The highest BCUT2D eigenvalue weighted by Gasteiger charge is 2.12. The van der Waals surface area contributed by atoms with Crippen LogP contribution in [0.25, 0.3) is 10.8 Å². The van der Waals surface area contributed by atoms with Crippen LogP contribution in [0.1, 0.15) is 11.1 Å². The molecule has 0 saturated heterocycles. The van der Waals surface area contributed by atoms with Gasteiger partial charge in [0.15, 0.2) is 0 Å². The van der Waals surface area contributed by atoms with E-state index >= 15 is 0 Å². The predicted octanol–water partition coefficient (Wildman–Crippen LogP) is 2.46. The van der Waals surface area contributed by atoms with E-state index in [1.807, 2.05) is 0 Å². The summed E-state index contributed by atoms with van der Waals surface area (Å²) in [6.07, 6.45) is 3.54. The van der Waals surface area contributed by atoms with Crippen molar-refractivity contribution < 1.29 is 9.15 Å². The molecule has 0 amide bonds. The zero-order chi connectivity index (χ0) is 7.97. The van der Waals surface area contributed by atoms with E-state index in [1.165, 1.54) is 21.9 Å². The van der Waals surface area contributed by atoms with Crippen molar-refractivity contribution in [2.75, 3.05) is 0 Å². The molecule has 0 bridgehead atoms. The zero-order valence-corrected chi connectivity index (χ0v) is 6.54. The standard InChI is InChI=1S/C10H8O2/c1-7-3-11-5-9(7)2-10-6-12-4-8(1)10/h1-3,5H,4,6H2. The molecule has 1 aliphatic rings. The first-order valence-electron chi connectivity index (χ1n) is 3.99. The Balaban J connectivity index is 2.38. The molecule has 2 heteroatoms. The molecule has 0 spiro atoms. The van der Waals surface area contributed by atoms with Crippen LogP contribution in [0.2, 0.25) is 0 Å². The Labute approximate surface area is 69.7 Å². The molecule has 1 aromatic carbocycles. The first-order valence-corrected chi connectivity index (χ1v) is 3.99. The van der Waals surface area contributed by atoms with Crippen LogP contribution in [0.3, 0.4) is 0 Å². The summed E-state index contributed by atoms with van der Waals surface area (Å²) in [4.78, 5) is 0. The summed E-state index contributed by atoms with van der Waals surface area (Å²) in [7, 11) is 0. The maximum Gasteiger partial charge on any atom is 0.0981 e. The maximum atomic E-state index is 5.32. The van der Waals surface area contributed by atoms with E-state index in [0.717, 1.165) is 13.2 Å². The van der Waals surface area contributed by atoms with Crippen LogP contribution in [-0.4, -0.2) is 0 Å². The van der Waals surface area contributed by atoms with Crippen molar-refractivity contribution in [2.45, 2.75) is 13.2 Å². The first kappa shape index (κ1) is 6.26. The summed E-state index contributed by atoms with van der Waals surface area (Å²) < 4.78 is 10.4. The lowest BCUT2D eigenvalue weighted by Gasteiger charge is -1.94. The van der Waals surface area contributed by atoms with Gasteiger partial charge < -0.3 is 9.15 Å². The van der Waals surface area contributed by atoms with E-state index < -0.39 is 0 Å². The average Bonchev–Trinajstić information content (AvgIpc) is 2.64. The van der Waals surface area contributed by atoms with Crippen molar-refractivity contribution >= 4 is 10.8 Å². The molecular weight excluding hydrogens is 152 g/mol. The average molecular weight is 160 g/mol. The number of fused-ring (bicyclic) bond motifs is 2. The number of hydrogen-bond donors (Lipinski definition) is 0. The van der Waals surface area contributed by atoms with Gasteiger partial charge in [-0.25, -0.2) is 0 Å². The topological polar surface area (TPSA) is 22.4 Å². The monoisotopic (exact) mass is 160 g/mol. The molecule has 1 aromatic heterocycles. The van der Waals surface area contributed by atoms with Gasteiger partial charge >= 0.3 is 0 Å². The van der Waals surface area contributed by atoms with Gasteiger partial charge in [-0.1, -0.05) is 0 Å². The quantitative estimate of drug-likeness (QED) is 0.590. The van der Waals surface area contributed by atoms with Gasteiger partial charge in [0.05, 0.1) is 25.7 Å². The highest BCUT2D eigenvalue weighted by atomic mass is 16.5. The molecule has 0 N–H and O–H groups in total. The lowest BCUT2D eigenvalue weighted by Crippen LogP contribution is -1.79. The molecule has 2 aromatic rings. The van der Waals surface area contributed by atoms with Gasteiger partial charge in [0.1, 0.15) is 0 Å². The largest absolute Gasteiger partial charge is 0.471 e. The number of furan rings is 1. The molecule has 3 rings (SSSR count). The fraction of sp³-hybridized carbons (Fsp3) is 0.200. The van der Waals surface area contributed by atoms with Crippen LogP contribution in [0, 0.1) is 0 Å². The third-order valence-corrected chi connectivity index (χ3v) is 2.31. The first-order chi connectivity index (χ1) is 5.93. The highest BCUT2D eigenvalue weighted by Crippen LogP contribution is 2.26. The molecule has 0 fully saturated rings. The molecule has 0 atom stereocenters. The van der Waals surface area contributed by atoms with Gasteiger partial charge in [0.2, 0.25) is 0 Å². The number of benzene rings is 1. The summed E-state index contributed by atoms with van der Waals surface area (Å²) in [6.45, 7) is 1.49. The van der Waals surface area contributed by atoms with Crippen LogP contribution in [-0.2, 0) is 18.0 Å². The van der Waals surface area contributed by atoms with Crippen LogP contribution in [0.5, 0.6) is 0 Å².